The Balaban J connectivity index is 1.91. The molecule has 1 aliphatic heterocycles. The van der Waals surface area contributed by atoms with Crippen LogP contribution < -0.4 is 10.0 Å². The summed E-state index contributed by atoms with van der Waals surface area (Å²) in [5.41, 5.74) is 0. The van der Waals surface area contributed by atoms with Crippen LogP contribution in [0.15, 0.2) is 16.3 Å². The minimum atomic E-state index is -3.50. The number of likely N-dealkylation sites (tertiary alicyclic amines) is 1. The molecule has 0 radical (unpaired) electrons. The largest absolute Gasteiger partial charge is 0.383 e. The first kappa shape index (κ1) is 17.4. The summed E-state index contributed by atoms with van der Waals surface area (Å²) in [5, 5.41) is 4.43. The molecule has 1 fully saturated rings. The van der Waals surface area contributed by atoms with E-state index in [4.69, 9.17) is 4.74 Å². The van der Waals surface area contributed by atoms with Crippen LogP contribution in [0, 0.1) is 0 Å². The highest BCUT2D eigenvalue weighted by molar-refractivity contribution is 7.89. The summed E-state index contributed by atoms with van der Waals surface area (Å²) in [5.74, 6) is -0.221. The van der Waals surface area contributed by atoms with Gasteiger partial charge in [-0.1, -0.05) is 0 Å². The second kappa shape index (κ2) is 7.51. The quantitative estimate of drug-likeness (QED) is 0.731. The molecule has 1 saturated heterocycles. The van der Waals surface area contributed by atoms with E-state index in [0.717, 1.165) is 37.4 Å². The van der Waals surface area contributed by atoms with Gasteiger partial charge in [0, 0.05) is 38.2 Å². The molecular formula is C13H21N3O4S2. The van der Waals surface area contributed by atoms with Gasteiger partial charge >= 0.3 is 0 Å². The van der Waals surface area contributed by atoms with E-state index in [1.54, 1.807) is 7.11 Å². The van der Waals surface area contributed by atoms with E-state index in [2.05, 4.69) is 14.9 Å². The first-order valence-corrected chi connectivity index (χ1v) is 9.37. The lowest BCUT2D eigenvalue weighted by atomic mass is 10.2. The first-order valence-electron chi connectivity index (χ1n) is 7.00. The third-order valence-electron chi connectivity index (χ3n) is 3.60. The van der Waals surface area contributed by atoms with Crippen molar-refractivity contribution in [2.45, 2.75) is 17.4 Å². The molecule has 1 aliphatic rings. The van der Waals surface area contributed by atoms with Crippen LogP contribution >= 0.6 is 11.3 Å². The number of amides is 1. The van der Waals surface area contributed by atoms with Gasteiger partial charge in [0.05, 0.1) is 16.4 Å². The number of hydrogen-bond donors (Lipinski definition) is 2. The van der Waals surface area contributed by atoms with Crippen LogP contribution in [0.2, 0.25) is 0 Å². The van der Waals surface area contributed by atoms with Gasteiger partial charge in [0.1, 0.15) is 0 Å². The van der Waals surface area contributed by atoms with Crippen LogP contribution in [0.1, 0.15) is 16.1 Å². The molecule has 9 heteroatoms. The number of hydrogen-bond acceptors (Lipinski definition) is 6. The van der Waals surface area contributed by atoms with E-state index in [9.17, 15) is 13.2 Å². The molecule has 1 amide bonds. The zero-order valence-corrected chi connectivity index (χ0v) is 14.3. The van der Waals surface area contributed by atoms with Crippen molar-refractivity contribution < 1.29 is 17.9 Å². The normalized spacial score (nSPS) is 19.5. The van der Waals surface area contributed by atoms with Gasteiger partial charge in [-0.3, -0.25) is 9.69 Å². The number of thiophene rings is 1. The van der Waals surface area contributed by atoms with Gasteiger partial charge < -0.3 is 10.1 Å². The number of ether oxygens (including phenoxy) is 1. The Kier molecular flexibility index (Phi) is 5.93. The smallest absolute Gasteiger partial charge is 0.261 e. The Hall–Kier alpha value is -1.00. The van der Waals surface area contributed by atoms with E-state index in [1.165, 1.54) is 18.5 Å². The highest BCUT2D eigenvalue weighted by Gasteiger charge is 2.25. The van der Waals surface area contributed by atoms with Crippen LogP contribution in [-0.4, -0.2) is 65.7 Å². The summed E-state index contributed by atoms with van der Waals surface area (Å²) in [6, 6.07) is 1.50. The average molecular weight is 347 g/mol. The van der Waals surface area contributed by atoms with Crippen LogP contribution in [0.5, 0.6) is 0 Å². The van der Waals surface area contributed by atoms with Gasteiger partial charge in [0.2, 0.25) is 10.0 Å². The van der Waals surface area contributed by atoms with E-state index in [1.807, 2.05) is 0 Å². The maximum absolute atomic E-state index is 12.2. The van der Waals surface area contributed by atoms with Gasteiger partial charge in [-0.2, -0.15) is 0 Å². The zero-order valence-electron chi connectivity index (χ0n) is 12.7. The SMILES string of the molecule is CNS(=O)(=O)c1csc(C(=O)NC2CCN(CCOC)C2)c1. The molecule has 1 aromatic rings. The van der Waals surface area contributed by atoms with Gasteiger partial charge in [0.25, 0.3) is 5.91 Å². The number of methoxy groups -OCH3 is 1. The number of nitrogens with one attached hydrogen (secondary N) is 2. The molecule has 0 aromatic carbocycles. The number of rotatable bonds is 7. The number of carbonyl (C=O) groups is 1. The second-order valence-electron chi connectivity index (χ2n) is 5.11. The molecule has 0 bridgehead atoms. The van der Waals surface area contributed by atoms with Crippen molar-refractivity contribution in [2.75, 3.05) is 40.4 Å². The summed E-state index contributed by atoms with van der Waals surface area (Å²) in [7, 11) is -0.482. The van der Waals surface area contributed by atoms with Crippen LogP contribution in [-0.2, 0) is 14.8 Å². The highest BCUT2D eigenvalue weighted by atomic mass is 32.2. The highest BCUT2D eigenvalue weighted by Crippen LogP contribution is 2.19. The van der Waals surface area contributed by atoms with Gasteiger partial charge in [0.15, 0.2) is 0 Å². The van der Waals surface area contributed by atoms with E-state index in [-0.39, 0.29) is 16.8 Å². The van der Waals surface area contributed by atoms with Crippen molar-refractivity contribution in [2.24, 2.45) is 0 Å². The Labute approximate surface area is 134 Å². The fraction of sp³-hybridized carbons (Fsp3) is 0.615. The minimum absolute atomic E-state index is 0.0933. The molecule has 0 spiro atoms. The molecule has 1 atom stereocenters. The standard InChI is InChI=1S/C13H21N3O4S2/c1-14-22(18,19)11-7-12(21-9-11)13(17)15-10-3-4-16(8-10)5-6-20-2/h7,9-10,14H,3-6,8H2,1-2H3,(H,15,17). The Bertz CT molecular complexity index is 615. The molecular weight excluding hydrogens is 326 g/mol. The van der Waals surface area contributed by atoms with Crippen molar-refractivity contribution in [1.29, 1.82) is 0 Å². The van der Waals surface area contributed by atoms with Crippen LogP contribution in [0.4, 0.5) is 0 Å². The monoisotopic (exact) mass is 347 g/mol. The van der Waals surface area contributed by atoms with Crippen molar-refractivity contribution >= 4 is 27.3 Å². The number of sulfonamides is 1. The summed E-state index contributed by atoms with van der Waals surface area (Å²) >= 11 is 1.13. The van der Waals surface area contributed by atoms with Crippen molar-refractivity contribution in [1.82, 2.24) is 14.9 Å². The Morgan fingerprint density at radius 1 is 1.55 bits per heavy atom. The fourth-order valence-corrected chi connectivity index (χ4v) is 4.23. The molecule has 7 nitrogen and oxygen atoms in total. The topological polar surface area (TPSA) is 87.7 Å². The third-order valence-corrected chi connectivity index (χ3v) is 6.07. The lowest BCUT2D eigenvalue weighted by molar-refractivity contribution is 0.0940. The maximum Gasteiger partial charge on any atom is 0.261 e. The number of nitrogens with zero attached hydrogens (tertiary/aromatic N) is 1. The van der Waals surface area contributed by atoms with Crippen molar-refractivity contribution in [3.05, 3.63) is 16.3 Å². The Morgan fingerprint density at radius 2 is 2.32 bits per heavy atom. The summed E-state index contributed by atoms with van der Waals surface area (Å²) in [4.78, 5) is 15.0. The molecule has 1 aromatic heterocycles. The first-order chi connectivity index (χ1) is 10.5. The predicted molar refractivity (Wildman–Crippen MR) is 84.8 cm³/mol. The maximum atomic E-state index is 12.2. The average Bonchev–Trinajstić information content (AvgIpc) is 3.14. The zero-order chi connectivity index (χ0) is 16.2. The van der Waals surface area contributed by atoms with Gasteiger partial charge in [-0.15, -0.1) is 11.3 Å². The van der Waals surface area contributed by atoms with Crippen LogP contribution in [0.25, 0.3) is 0 Å². The van der Waals surface area contributed by atoms with E-state index in [0.29, 0.717) is 11.5 Å². The summed E-state index contributed by atoms with van der Waals surface area (Å²) in [6.45, 7) is 3.25. The number of carbonyl (C=O) groups excluding carboxylic acids is 1. The fourth-order valence-electron chi connectivity index (χ4n) is 2.33. The summed E-state index contributed by atoms with van der Waals surface area (Å²) < 4.78 is 30.6. The van der Waals surface area contributed by atoms with Gasteiger partial charge in [-0.05, 0) is 19.5 Å². The molecule has 1 unspecified atom stereocenters. The second-order valence-corrected chi connectivity index (χ2v) is 7.90. The summed E-state index contributed by atoms with van der Waals surface area (Å²) in [6.07, 6.45) is 0.891. The molecule has 2 N–H and O–H groups in total. The molecule has 0 saturated carbocycles. The lowest BCUT2D eigenvalue weighted by Gasteiger charge is -2.15. The predicted octanol–water partition coefficient (Wildman–Crippen LogP) is 0.107. The third kappa shape index (κ3) is 4.26. The van der Waals surface area contributed by atoms with E-state index < -0.39 is 10.0 Å². The molecule has 22 heavy (non-hydrogen) atoms. The van der Waals surface area contributed by atoms with Gasteiger partial charge in [-0.25, -0.2) is 13.1 Å². The van der Waals surface area contributed by atoms with E-state index >= 15 is 0 Å². The minimum Gasteiger partial charge on any atom is -0.383 e. The van der Waals surface area contributed by atoms with Crippen LogP contribution in [0.3, 0.4) is 0 Å². The van der Waals surface area contributed by atoms with Crippen molar-refractivity contribution in [3.63, 3.8) is 0 Å². The molecule has 2 rings (SSSR count). The Morgan fingerprint density at radius 3 is 3.00 bits per heavy atom. The molecule has 2 heterocycles. The lowest BCUT2D eigenvalue weighted by Crippen LogP contribution is -2.37. The molecule has 0 aliphatic carbocycles. The molecule has 124 valence electrons. The van der Waals surface area contributed by atoms with Crippen molar-refractivity contribution in [3.8, 4) is 0 Å².